The summed E-state index contributed by atoms with van der Waals surface area (Å²) in [5.74, 6) is -0.922. The second-order valence-electron chi connectivity index (χ2n) is 13.5. The zero-order chi connectivity index (χ0) is 34.7. The second-order valence-corrected chi connectivity index (χ2v) is 14.4. The van der Waals surface area contributed by atoms with Crippen molar-refractivity contribution < 1.29 is 23.9 Å². The van der Waals surface area contributed by atoms with Crippen molar-refractivity contribution in [1.82, 2.24) is 20.1 Å². The molecular weight excluding hydrogens is 630 g/mol. The van der Waals surface area contributed by atoms with Gasteiger partial charge in [-0.05, 0) is 82.3 Å². The Kier molecular flexibility index (Phi) is 17.3. The fourth-order valence-corrected chi connectivity index (χ4v) is 7.44. The molecule has 6 atom stereocenters. The highest BCUT2D eigenvalue weighted by Crippen LogP contribution is 2.31. The highest BCUT2D eigenvalue weighted by Gasteiger charge is 2.37. The molecule has 1 aliphatic rings. The molecule has 2 unspecified atom stereocenters. The average Bonchev–Trinajstić information content (AvgIpc) is 3.55. The van der Waals surface area contributed by atoms with Gasteiger partial charge in [0.15, 0.2) is 5.78 Å². The number of aliphatic hydroxyl groups excluding tert-OH is 1. The molecule has 0 spiro atoms. The molecule has 3 rings (SSSR count). The van der Waals surface area contributed by atoms with E-state index in [1.54, 1.807) is 17.5 Å². The lowest BCUT2D eigenvalue weighted by atomic mass is 9.82. The van der Waals surface area contributed by atoms with Crippen LogP contribution in [0.5, 0.6) is 0 Å². The zero-order valence-corrected chi connectivity index (χ0v) is 29.9. The Labute approximate surface area is 291 Å². The SMILES string of the molecule is C.CC[C@H](C)C(CC(=O)C1CCCCN1C)C(=O)N(CC)[C@H](C[C@@H](O)c1nc(C(=O)N[C@H](CCN)Cc2ccc(F)cc2)cs1)C(C)C. The van der Waals surface area contributed by atoms with Gasteiger partial charge in [0.05, 0.1) is 6.04 Å². The van der Waals surface area contributed by atoms with Crippen molar-refractivity contribution in [3.63, 3.8) is 0 Å². The van der Waals surface area contributed by atoms with Crippen molar-refractivity contribution in [1.29, 1.82) is 0 Å². The number of hydrogen-bond donors (Lipinski definition) is 3. The number of thiazole rings is 1. The second kappa shape index (κ2) is 20.1. The Morgan fingerprint density at radius 3 is 2.44 bits per heavy atom. The number of ketones is 1. The van der Waals surface area contributed by atoms with Crippen LogP contribution in [0.15, 0.2) is 29.6 Å². The van der Waals surface area contributed by atoms with Crippen LogP contribution in [-0.2, 0) is 16.0 Å². The molecule has 2 aromatic rings. The number of nitrogens with two attached hydrogens (primary N) is 1. The molecule has 270 valence electrons. The number of benzene rings is 1. The molecule has 2 heterocycles. The molecule has 0 bridgehead atoms. The van der Waals surface area contributed by atoms with Crippen LogP contribution in [0.2, 0.25) is 0 Å². The number of likely N-dealkylation sites (N-methyl/N-ethyl adjacent to an activating group) is 1. The summed E-state index contributed by atoms with van der Waals surface area (Å²) in [6.07, 6.45) is 4.30. The summed E-state index contributed by atoms with van der Waals surface area (Å²) in [5.41, 5.74) is 6.89. The van der Waals surface area contributed by atoms with Gasteiger partial charge < -0.3 is 21.1 Å². The van der Waals surface area contributed by atoms with Crippen LogP contribution < -0.4 is 11.1 Å². The number of likely N-dealkylation sites (tertiary alicyclic amines) is 1. The molecule has 0 aliphatic carbocycles. The minimum atomic E-state index is -0.977. The van der Waals surface area contributed by atoms with Crippen LogP contribution in [-0.4, -0.2) is 82.3 Å². The number of halogens is 1. The Morgan fingerprint density at radius 1 is 1.17 bits per heavy atom. The normalized spacial score (nSPS) is 18.3. The van der Waals surface area contributed by atoms with Gasteiger partial charge in [0.1, 0.15) is 22.6 Å². The molecule has 1 aromatic heterocycles. The average molecular weight is 690 g/mol. The van der Waals surface area contributed by atoms with Crippen LogP contribution in [0, 0.1) is 23.6 Å². The molecular formula is C37H60FN5O4S. The smallest absolute Gasteiger partial charge is 0.270 e. The lowest BCUT2D eigenvalue weighted by molar-refractivity contribution is -0.144. The number of hydrogen-bond acceptors (Lipinski definition) is 8. The van der Waals surface area contributed by atoms with E-state index in [0.29, 0.717) is 30.9 Å². The molecule has 11 heteroatoms. The Bertz CT molecular complexity index is 1290. The third-order valence-electron chi connectivity index (χ3n) is 9.75. The van der Waals surface area contributed by atoms with Crippen molar-refractivity contribution in [2.24, 2.45) is 23.5 Å². The van der Waals surface area contributed by atoms with Crippen molar-refractivity contribution in [3.8, 4) is 0 Å². The van der Waals surface area contributed by atoms with Gasteiger partial charge >= 0.3 is 0 Å². The molecule has 48 heavy (non-hydrogen) atoms. The molecule has 9 nitrogen and oxygen atoms in total. The van der Waals surface area contributed by atoms with Crippen LogP contribution in [0.25, 0.3) is 0 Å². The van der Waals surface area contributed by atoms with Crippen LogP contribution in [0.3, 0.4) is 0 Å². The first-order valence-electron chi connectivity index (χ1n) is 17.3. The van der Waals surface area contributed by atoms with E-state index < -0.39 is 12.0 Å². The first-order valence-corrected chi connectivity index (χ1v) is 18.2. The fourth-order valence-electron chi connectivity index (χ4n) is 6.64. The number of carbonyl (C=O) groups excluding carboxylic acids is 3. The maximum Gasteiger partial charge on any atom is 0.270 e. The Hall–Kier alpha value is -2.73. The minimum Gasteiger partial charge on any atom is -0.386 e. The van der Waals surface area contributed by atoms with Crippen LogP contribution in [0.1, 0.15) is 114 Å². The summed E-state index contributed by atoms with van der Waals surface area (Å²) in [5, 5.41) is 16.4. The largest absolute Gasteiger partial charge is 0.386 e. The van der Waals surface area contributed by atoms with Crippen molar-refractivity contribution in [3.05, 3.63) is 51.7 Å². The lowest BCUT2D eigenvalue weighted by Crippen LogP contribution is -2.49. The predicted octanol–water partition coefficient (Wildman–Crippen LogP) is 6.01. The minimum absolute atomic E-state index is 0. The maximum atomic E-state index is 14.2. The number of carbonyl (C=O) groups is 3. The third kappa shape index (κ3) is 11.4. The summed E-state index contributed by atoms with van der Waals surface area (Å²) in [7, 11) is 2.00. The molecule has 0 saturated carbocycles. The first kappa shape index (κ1) is 41.4. The maximum absolute atomic E-state index is 14.2. The van der Waals surface area contributed by atoms with Crippen LogP contribution >= 0.6 is 11.3 Å². The van der Waals surface area contributed by atoms with Gasteiger partial charge in [-0.3, -0.25) is 19.3 Å². The number of piperidine rings is 1. The van der Waals surface area contributed by atoms with Gasteiger partial charge in [-0.2, -0.15) is 0 Å². The number of Topliss-reactive ketones (excluding diaryl/α,β-unsaturated/α-hetero) is 1. The van der Waals surface area contributed by atoms with Gasteiger partial charge in [0.25, 0.3) is 5.91 Å². The van der Waals surface area contributed by atoms with Gasteiger partial charge in [-0.25, -0.2) is 9.37 Å². The predicted molar refractivity (Wildman–Crippen MR) is 192 cm³/mol. The molecule has 1 saturated heterocycles. The fraction of sp³-hybridized carbons (Fsp3) is 0.676. The van der Waals surface area contributed by atoms with E-state index in [1.165, 1.54) is 23.5 Å². The van der Waals surface area contributed by atoms with Gasteiger partial charge in [-0.1, -0.05) is 60.1 Å². The standard InChI is InChI=1S/C36H56FN5O4S.CH4/c1-7-24(5)28(20-32(43)30-11-9-10-18-41(30)6)36(46)42(8-2)31(23(3)4)21-33(44)35-40-29(22-47-35)34(45)39-27(16-17-38)19-25-12-14-26(37)15-13-25;/h12-15,22-24,27-28,30-31,33,44H,7-11,16-21,38H2,1-6H3,(H,39,45);1H4/t24-,27+,28?,30?,31+,33+;/m0./s1. The third-order valence-corrected chi connectivity index (χ3v) is 10.7. The Morgan fingerprint density at radius 2 is 1.85 bits per heavy atom. The van der Waals surface area contributed by atoms with E-state index in [4.69, 9.17) is 5.73 Å². The summed E-state index contributed by atoms with van der Waals surface area (Å²) in [6, 6.07) is 5.49. The highest BCUT2D eigenvalue weighted by molar-refractivity contribution is 7.09. The number of aromatic nitrogens is 1. The quantitative estimate of drug-likeness (QED) is 0.175. The molecule has 1 aromatic carbocycles. The van der Waals surface area contributed by atoms with Gasteiger partial charge in [0.2, 0.25) is 5.91 Å². The summed E-state index contributed by atoms with van der Waals surface area (Å²) < 4.78 is 13.4. The van der Waals surface area contributed by atoms with E-state index >= 15 is 0 Å². The number of nitrogens with one attached hydrogen (secondary N) is 1. The number of amides is 2. The van der Waals surface area contributed by atoms with Crippen molar-refractivity contribution in [2.75, 3.05) is 26.7 Å². The Balaban J connectivity index is 0.00000800. The molecule has 1 aliphatic heterocycles. The molecule has 2 amide bonds. The molecule has 1 fully saturated rings. The zero-order valence-electron chi connectivity index (χ0n) is 29.1. The number of aliphatic hydroxyl groups is 1. The van der Waals surface area contributed by atoms with Crippen molar-refractivity contribution >= 4 is 28.9 Å². The van der Waals surface area contributed by atoms with E-state index in [2.05, 4.69) is 22.1 Å². The van der Waals surface area contributed by atoms with Crippen LogP contribution in [0.4, 0.5) is 4.39 Å². The topological polar surface area (TPSA) is 129 Å². The van der Waals surface area contributed by atoms with E-state index in [0.717, 1.165) is 37.8 Å². The molecule has 4 N–H and O–H groups in total. The van der Waals surface area contributed by atoms with E-state index in [-0.39, 0.29) is 79.3 Å². The van der Waals surface area contributed by atoms with E-state index in [1.807, 2.05) is 39.6 Å². The molecule has 0 radical (unpaired) electrons. The first-order chi connectivity index (χ1) is 22.4. The van der Waals surface area contributed by atoms with Crippen molar-refractivity contribution in [2.45, 2.75) is 118 Å². The summed E-state index contributed by atoms with van der Waals surface area (Å²) >= 11 is 1.21. The number of nitrogens with zero attached hydrogens (tertiary/aromatic N) is 3. The number of rotatable bonds is 18. The summed E-state index contributed by atoms with van der Waals surface area (Å²) in [4.78, 5) is 49.3. The monoisotopic (exact) mass is 689 g/mol. The van der Waals surface area contributed by atoms with Gasteiger partial charge in [-0.15, -0.1) is 11.3 Å². The highest BCUT2D eigenvalue weighted by atomic mass is 32.1. The van der Waals surface area contributed by atoms with E-state index in [9.17, 15) is 23.9 Å². The lowest BCUT2D eigenvalue weighted by Gasteiger charge is -2.39. The van der Waals surface area contributed by atoms with Gasteiger partial charge in [0, 0.05) is 42.8 Å². The summed E-state index contributed by atoms with van der Waals surface area (Å²) in [6.45, 7) is 11.9.